The summed E-state index contributed by atoms with van der Waals surface area (Å²) in [6.07, 6.45) is 4.41. The normalized spacial score (nSPS) is 16.5. The Morgan fingerprint density at radius 3 is 2.68 bits per heavy atom. The molecule has 1 fully saturated rings. The first-order valence-corrected chi connectivity index (χ1v) is 9.67. The Morgan fingerprint density at radius 2 is 1.93 bits per heavy atom. The second-order valence-electron chi connectivity index (χ2n) is 7.28. The fraction of sp³-hybridized carbons (Fsp3) is 0.304. The first kappa shape index (κ1) is 18.4. The van der Waals surface area contributed by atoms with E-state index < -0.39 is 0 Å². The summed E-state index contributed by atoms with van der Waals surface area (Å²) in [5, 5.41) is 0. The van der Waals surface area contributed by atoms with E-state index in [4.69, 9.17) is 4.42 Å². The van der Waals surface area contributed by atoms with Crippen LogP contribution in [0.25, 0.3) is 11.3 Å². The van der Waals surface area contributed by atoms with Crippen LogP contribution in [0.2, 0.25) is 0 Å². The molecule has 2 aromatic carbocycles. The lowest BCUT2D eigenvalue weighted by molar-refractivity contribution is -0.132. The van der Waals surface area contributed by atoms with Crippen LogP contribution in [0.15, 0.2) is 59.1 Å². The Labute approximate surface area is 164 Å². The van der Waals surface area contributed by atoms with E-state index >= 15 is 0 Å². The number of aromatic nitrogens is 1. The zero-order valence-electron chi connectivity index (χ0n) is 15.9. The molecule has 0 bridgehead atoms. The number of rotatable bonds is 5. The molecule has 2 heterocycles. The van der Waals surface area contributed by atoms with Crippen molar-refractivity contribution in [3.05, 3.63) is 77.6 Å². The van der Waals surface area contributed by atoms with Crippen LogP contribution in [-0.4, -0.2) is 22.3 Å². The van der Waals surface area contributed by atoms with Crippen LogP contribution in [0.5, 0.6) is 0 Å². The van der Waals surface area contributed by atoms with E-state index in [9.17, 15) is 9.18 Å². The Kier molecular flexibility index (Phi) is 5.24. The molecular formula is C23H23FN2O2. The zero-order valence-corrected chi connectivity index (χ0v) is 15.9. The summed E-state index contributed by atoms with van der Waals surface area (Å²) in [5.41, 5.74) is 3.16. The first-order chi connectivity index (χ1) is 13.6. The smallest absolute Gasteiger partial charge is 0.223 e. The molecule has 1 atom stereocenters. The molecule has 1 amide bonds. The van der Waals surface area contributed by atoms with Crippen molar-refractivity contribution in [1.29, 1.82) is 0 Å². The number of hydrogen-bond acceptors (Lipinski definition) is 3. The third-order valence-corrected chi connectivity index (χ3v) is 5.27. The van der Waals surface area contributed by atoms with E-state index in [0.29, 0.717) is 24.5 Å². The topological polar surface area (TPSA) is 46.3 Å². The molecular weight excluding hydrogens is 355 g/mol. The molecule has 4 nitrogen and oxygen atoms in total. The number of nitrogens with zero attached hydrogens (tertiary/aromatic N) is 2. The van der Waals surface area contributed by atoms with Crippen molar-refractivity contribution in [2.75, 3.05) is 6.54 Å². The first-order valence-electron chi connectivity index (χ1n) is 9.67. The van der Waals surface area contributed by atoms with E-state index in [1.807, 2.05) is 36.1 Å². The van der Waals surface area contributed by atoms with Gasteiger partial charge in [0.15, 0.2) is 11.7 Å². The van der Waals surface area contributed by atoms with Crippen LogP contribution >= 0.6 is 0 Å². The minimum Gasteiger partial charge on any atom is -0.441 e. The number of hydrogen-bond donors (Lipinski definition) is 0. The standard InChI is InChI=1S/C23H23FN2O2/c1-16-4-6-18(7-5-16)21-15-25-22(28-21)12-13-23(27)26-14-2-3-20(26)17-8-10-19(24)11-9-17/h4-11,15,20H,2-3,12-14H2,1H3. The van der Waals surface area contributed by atoms with Gasteiger partial charge in [-0.2, -0.15) is 0 Å². The van der Waals surface area contributed by atoms with E-state index in [2.05, 4.69) is 4.98 Å². The van der Waals surface area contributed by atoms with E-state index in [-0.39, 0.29) is 17.8 Å². The highest BCUT2D eigenvalue weighted by Gasteiger charge is 2.29. The van der Waals surface area contributed by atoms with Gasteiger partial charge in [0.05, 0.1) is 12.2 Å². The fourth-order valence-corrected chi connectivity index (χ4v) is 3.73. The highest BCUT2D eigenvalue weighted by atomic mass is 19.1. The summed E-state index contributed by atoms with van der Waals surface area (Å²) in [7, 11) is 0. The van der Waals surface area contributed by atoms with Gasteiger partial charge in [-0.15, -0.1) is 0 Å². The Bertz CT molecular complexity index is 947. The number of oxazole rings is 1. The Morgan fingerprint density at radius 1 is 1.18 bits per heavy atom. The highest BCUT2D eigenvalue weighted by Crippen LogP contribution is 2.32. The Balaban J connectivity index is 1.39. The van der Waals surface area contributed by atoms with Crippen LogP contribution in [0.1, 0.15) is 42.3 Å². The van der Waals surface area contributed by atoms with Crippen LogP contribution < -0.4 is 0 Å². The lowest BCUT2D eigenvalue weighted by Crippen LogP contribution is -2.30. The third kappa shape index (κ3) is 3.98. The summed E-state index contributed by atoms with van der Waals surface area (Å²) in [4.78, 5) is 19.0. The van der Waals surface area contributed by atoms with E-state index in [0.717, 1.165) is 30.5 Å². The van der Waals surface area contributed by atoms with Crippen LogP contribution in [-0.2, 0) is 11.2 Å². The van der Waals surface area contributed by atoms with E-state index in [1.54, 1.807) is 18.3 Å². The SMILES string of the molecule is Cc1ccc(-c2cnc(CCC(=O)N3CCCC3c3ccc(F)cc3)o2)cc1. The van der Waals surface area contributed by atoms with Gasteiger partial charge in [-0.25, -0.2) is 9.37 Å². The van der Waals surface area contributed by atoms with Crippen molar-refractivity contribution in [2.45, 2.75) is 38.6 Å². The summed E-state index contributed by atoms with van der Waals surface area (Å²) in [6, 6.07) is 14.5. The molecule has 3 aromatic rings. The lowest BCUT2D eigenvalue weighted by atomic mass is 10.0. The molecule has 0 N–H and O–H groups in total. The predicted octanol–water partition coefficient (Wildman–Crippen LogP) is 5.09. The Hall–Kier alpha value is -2.95. The van der Waals surface area contributed by atoms with Crippen molar-refractivity contribution >= 4 is 5.91 Å². The number of carbonyl (C=O) groups is 1. The number of likely N-dealkylation sites (tertiary alicyclic amines) is 1. The van der Waals surface area contributed by atoms with Gasteiger partial charge in [-0.3, -0.25) is 4.79 Å². The monoisotopic (exact) mass is 378 g/mol. The summed E-state index contributed by atoms with van der Waals surface area (Å²) < 4.78 is 19.0. The van der Waals surface area contributed by atoms with Crippen molar-refractivity contribution in [3.8, 4) is 11.3 Å². The van der Waals surface area contributed by atoms with Crippen molar-refractivity contribution in [1.82, 2.24) is 9.88 Å². The average Bonchev–Trinajstić information content (AvgIpc) is 3.37. The molecule has 144 valence electrons. The predicted molar refractivity (Wildman–Crippen MR) is 105 cm³/mol. The van der Waals surface area contributed by atoms with Crippen LogP contribution in [0.4, 0.5) is 4.39 Å². The van der Waals surface area contributed by atoms with Gasteiger partial charge < -0.3 is 9.32 Å². The van der Waals surface area contributed by atoms with Gasteiger partial charge in [0, 0.05) is 24.9 Å². The summed E-state index contributed by atoms with van der Waals surface area (Å²) in [6.45, 7) is 2.78. The molecule has 0 spiro atoms. The van der Waals surface area contributed by atoms with Crippen LogP contribution in [0, 0.1) is 12.7 Å². The maximum Gasteiger partial charge on any atom is 0.223 e. The molecule has 4 rings (SSSR count). The largest absolute Gasteiger partial charge is 0.441 e. The fourth-order valence-electron chi connectivity index (χ4n) is 3.73. The second-order valence-corrected chi connectivity index (χ2v) is 7.28. The van der Waals surface area contributed by atoms with Crippen molar-refractivity contribution < 1.29 is 13.6 Å². The summed E-state index contributed by atoms with van der Waals surface area (Å²) in [5.74, 6) is 1.11. The third-order valence-electron chi connectivity index (χ3n) is 5.27. The maximum absolute atomic E-state index is 13.2. The van der Waals surface area contributed by atoms with Crippen LogP contribution in [0.3, 0.4) is 0 Å². The lowest BCUT2D eigenvalue weighted by Gasteiger charge is -2.25. The quantitative estimate of drug-likeness (QED) is 0.622. The molecule has 1 aliphatic heterocycles. The molecule has 1 saturated heterocycles. The van der Waals surface area contributed by atoms with Gasteiger partial charge in [0.25, 0.3) is 0 Å². The molecule has 5 heteroatoms. The highest BCUT2D eigenvalue weighted by molar-refractivity contribution is 5.77. The van der Waals surface area contributed by atoms with Gasteiger partial charge in [-0.1, -0.05) is 42.0 Å². The average molecular weight is 378 g/mol. The van der Waals surface area contributed by atoms with Crippen molar-refractivity contribution in [2.24, 2.45) is 0 Å². The minimum atomic E-state index is -0.257. The number of benzene rings is 2. The molecule has 1 unspecified atom stereocenters. The number of halogens is 1. The molecule has 0 radical (unpaired) electrons. The van der Waals surface area contributed by atoms with Gasteiger partial charge >= 0.3 is 0 Å². The van der Waals surface area contributed by atoms with Gasteiger partial charge in [0.2, 0.25) is 5.91 Å². The number of amides is 1. The van der Waals surface area contributed by atoms with E-state index in [1.165, 1.54) is 17.7 Å². The second kappa shape index (κ2) is 7.97. The zero-order chi connectivity index (χ0) is 19.5. The molecule has 1 aromatic heterocycles. The van der Waals surface area contributed by atoms with Crippen molar-refractivity contribution in [3.63, 3.8) is 0 Å². The maximum atomic E-state index is 13.2. The molecule has 0 saturated carbocycles. The number of aryl methyl sites for hydroxylation is 2. The van der Waals surface area contributed by atoms with Gasteiger partial charge in [0.1, 0.15) is 5.82 Å². The number of carbonyl (C=O) groups excluding carboxylic acids is 1. The molecule has 28 heavy (non-hydrogen) atoms. The molecule has 0 aliphatic carbocycles. The minimum absolute atomic E-state index is 0.0285. The molecule has 1 aliphatic rings. The summed E-state index contributed by atoms with van der Waals surface area (Å²) >= 11 is 0. The van der Waals surface area contributed by atoms with Gasteiger partial charge in [-0.05, 0) is 37.5 Å².